The van der Waals surface area contributed by atoms with Gasteiger partial charge in [0, 0.05) is 4.88 Å². The highest BCUT2D eigenvalue weighted by Crippen LogP contribution is 2.40. The molecule has 0 saturated heterocycles. The first-order valence-corrected chi connectivity index (χ1v) is 9.85. The molecule has 2 heterocycles. The molecule has 0 bridgehead atoms. The molecule has 1 aliphatic rings. The number of carbonyl (C=O) groups is 2. The van der Waals surface area contributed by atoms with Gasteiger partial charge in [-0.3, -0.25) is 4.79 Å². The Kier molecular flexibility index (Phi) is 5.06. The van der Waals surface area contributed by atoms with Crippen molar-refractivity contribution in [2.45, 2.75) is 46.1 Å². The number of anilines is 1. The lowest BCUT2D eigenvalue weighted by atomic mass is 9.88. The van der Waals surface area contributed by atoms with Gasteiger partial charge < -0.3 is 10.1 Å². The van der Waals surface area contributed by atoms with E-state index in [0.29, 0.717) is 21.4 Å². The van der Waals surface area contributed by atoms with E-state index in [0.717, 1.165) is 24.8 Å². The molecule has 2 aromatic heterocycles. The zero-order valence-electron chi connectivity index (χ0n) is 14.0. The summed E-state index contributed by atoms with van der Waals surface area (Å²) in [5.74, 6) is 0.0970. The SMILES string of the molecule is CC1CCc2c(sc(NC(=O)c3cccs3)c2C(=O)OC(C)C)C1. The molecule has 6 heteroatoms. The molecular weight excluding hydrogens is 342 g/mol. The first kappa shape index (κ1) is 17.2. The lowest BCUT2D eigenvalue weighted by Crippen LogP contribution is -2.18. The minimum Gasteiger partial charge on any atom is -0.459 e. The van der Waals surface area contributed by atoms with Crippen molar-refractivity contribution in [2.24, 2.45) is 5.92 Å². The van der Waals surface area contributed by atoms with E-state index in [2.05, 4.69) is 12.2 Å². The van der Waals surface area contributed by atoms with Gasteiger partial charge in [0.25, 0.3) is 5.91 Å². The summed E-state index contributed by atoms with van der Waals surface area (Å²) in [4.78, 5) is 26.8. The van der Waals surface area contributed by atoms with Crippen molar-refractivity contribution in [3.63, 3.8) is 0 Å². The molecule has 4 nitrogen and oxygen atoms in total. The second-order valence-corrected chi connectivity index (χ2v) is 8.49. The summed E-state index contributed by atoms with van der Waals surface area (Å²) in [5.41, 5.74) is 1.62. The van der Waals surface area contributed by atoms with Crippen LogP contribution in [-0.2, 0) is 17.6 Å². The summed E-state index contributed by atoms with van der Waals surface area (Å²) < 4.78 is 5.42. The number of amides is 1. The maximum absolute atomic E-state index is 12.6. The molecule has 1 amide bonds. The van der Waals surface area contributed by atoms with Crippen LogP contribution in [0.3, 0.4) is 0 Å². The second-order valence-electron chi connectivity index (χ2n) is 6.44. The molecule has 0 radical (unpaired) electrons. The van der Waals surface area contributed by atoms with E-state index in [1.165, 1.54) is 27.6 Å². The van der Waals surface area contributed by atoms with E-state index in [1.807, 2.05) is 25.3 Å². The van der Waals surface area contributed by atoms with Gasteiger partial charge in [-0.2, -0.15) is 0 Å². The van der Waals surface area contributed by atoms with E-state index >= 15 is 0 Å². The van der Waals surface area contributed by atoms with Crippen LogP contribution in [0.2, 0.25) is 0 Å². The highest BCUT2D eigenvalue weighted by molar-refractivity contribution is 7.17. The van der Waals surface area contributed by atoms with E-state index in [1.54, 1.807) is 6.07 Å². The van der Waals surface area contributed by atoms with Crippen molar-refractivity contribution >= 4 is 39.6 Å². The van der Waals surface area contributed by atoms with Crippen molar-refractivity contribution in [3.05, 3.63) is 38.4 Å². The third-order valence-electron chi connectivity index (χ3n) is 4.03. The first-order chi connectivity index (χ1) is 11.5. The van der Waals surface area contributed by atoms with Crippen LogP contribution in [0, 0.1) is 5.92 Å². The van der Waals surface area contributed by atoms with Crippen molar-refractivity contribution in [1.82, 2.24) is 0 Å². The molecule has 1 N–H and O–H groups in total. The molecule has 0 aromatic carbocycles. The molecule has 0 aliphatic heterocycles. The van der Waals surface area contributed by atoms with Crippen molar-refractivity contribution < 1.29 is 14.3 Å². The summed E-state index contributed by atoms with van der Waals surface area (Å²) in [7, 11) is 0. The van der Waals surface area contributed by atoms with Gasteiger partial charge in [0.15, 0.2) is 0 Å². The van der Waals surface area contributed by atoms with Gasteiger partial charge in [0.2, 0.25) is 0 Å². The summed E-state index contributed by atoms with van der Waals surface area (Å²) in [6, 6.07) is 3.62. The van der Waals surface area contributed by atoms with E-state index in [9.17, 15) is 9.59 Å². The molecule has 0 spiro atoms. The fraction of sp³-hybridized carbons (Fsp3) is 0.444. The summed E-state index contributed by atoms with van der Waals surface area (Å²) in [6.07, 6.45) is 2.70. The zero-order chi connectivity index (χ0) is 17.3. The Bertz CT molecular complexity index is 747. The predicted octanol–water partition coefficient (Wildman–Crippen LogP) is 4.75. The average molecular weight is 364 g/mol. The number of esters is 1. The molecule has 3 rings (SSSR count). The number of nitrogens with one attached hydrogen (secondary N) is 1. The van der Waals surface area contributed by atoms with Gasteiger partial charge >= 0.3 is 5.97 Å². The van der Waals surface area contributed by atoms with Crippen LogP contribution in [-0.4, -0.2) is 18.0 Å². The van der Waals surface area contributed by atoms with Crippen LogP contribution in [0.5, 0.6) is 0 Å². The molecule has 2 aromatic rings. The largest absolute Gasteiger partial charge is 0.459 e. The first-order valence-electron chi connectivity index (χ1n) is 8.16. The van der Waals surface area contributed by atoms with Gasteiger partial charge in [-0.25, -0.2) is 4.79 Å². The quantitative estimate of drug-likeness (QED) is 0.798. The number of carbonyl (C=O) groups excluding carboxylic acids is 2. The molecule has 1 atom stereocenters. The molecule has 1 unspecified atom stereocenters. The van der Waals surface area contributed by atoms with Gasteiger partial charge in [-0.05, 0) is 56.0 Å². The van der Waals surface area contributed by atoms with Gasteiger partial charge in [-0.15, -0.1) is 22.7 Å². The summed E-state index contributed by atoms with van der Waals surface area (Å²) >= 11 is 2.91. The zero-order valence-corrected chi connectivity index (χ0v) is 15.7. The van der Waals surface area contributed by atoms with Gasteiger partial charge in [0.05, 0.1) is 16.5 Å². The number of fused-ring (bicyclic) bond motifs is 1. The monoisotopic (exact) mass is 363 g/mol. The van der Waals surface area contributed by atoms with Crippen LogP contribution in [0.4, 0.5) is 5.00 Å². The Hall–Kier alpha value is -1.66. The minimum absolute atomic E-state index is 0.171. The average Bonchev–Trinajstić information content (AvgIpc) is 3.12. The normalized spacial score (nSPS) is 16.8. The maximum Gasteiger partial charge on any atom is 0.341 e. The topological polar surface area (TPSA) is 55.4 Å². The number of ether oxygens (including phenoxy) is 1. The number of hydrogen-bond donors (Lipinski definition) is 1. The number of thiophene rings is 2. The van der Waals surface area contributed by atoms with E-state index in [4.69, 9.17) is 4.74 Å². The van der Waals surface area contributed by atoms with Gasteiger partial charge in [-0.1, -0.05) is 13.0 Å². The highest BCUT2D eigenvalue weighted by atomic mass is 32.1. The Morgan fingerprint density at radius 1 is 1.38 bits per heavy atom. The van der Waals surface area contributed by atoms with Gasteiger partial charge in [0.1, 0.15) is 5.00 Å². The molecule has 24 heavy (non-hydrogen) atoms. The molecule has 0 saturated carbocycles. The summed E-state index contributed by atoms with van der Waals surface area (Å²) in [6.45, 7) is 5.89. The second kappa shape index (κ2) is 7.07. The molecular formula is C18H21NO3S2. The van der Waals surface area contributed by atoms with Crippen LogP contribution in [0.15, 0.2) is 17.5 Å². The third-order valence-corrected chi connectivity index (χ3v) is 6.07. The molecule has 1 aliphatic carbocycles. The number of rotatable bonds is 4. The van der Waals surface area contributed by atoms with Crippen LogP contribution in [0.1, 0.15) is 57.7 Å². The third kappa shape index (κ3) is 3.54. The lowest BCUT2D eigenvalue weighted by Gasteiger charge is -2.18. The smallest absolute Gasteiger partial charge is 0.341 e. The maximum atomic E-state index is 12.6. The van der Waals surface area contributed by atoms with Crippen LogP contribution >= 0.6 is 22.7 Å². The van der Waals surface area contributed by atoms with E-state index < -0.39 is 0 Å². The molecule has 0 fully saturated rings. The van der Waals surface area contributed by atoms with Crippen molar-refractivity contribution in [1.29, 1.82) is 0 Å². The van der Waals surface area contributed by atoms with Crippen molar-refractivity contribution in [2.75, 3.05) is 5.32 Å². The van der Waals surface area contributed by atoms with Crippen molar-refractivity contribution in [3.8, 4) is 0 Å². The Morgan fingerprint density at radius 2 is 2.17 bits per heavy atom. The lowest BCUT2D eigenvalue weighted by molar-refractivity contribution is 0.0378. The van der Waals surface area contributed by atoms with E-state index in [-0.39, 0.29) is 18.0 Å². The standard InChI is InChI=1S/C18H21NO3S2/c1-10(2)22-18(21)15-12-7-6-11(3)9-14(12)24-17(15)19-16(20)13-5-4-8-23-13/h4-5,8,10-11H,6-7,9H2,1-3H3,(H,19,20). The summed E-state index contributed by atoms with van der Waals surface area (Å²) in [5, 5.41) is 5.42. The fourth-order valence-corrected chi connectivity index (χ4v) is 4.91. The highest BCUT2D eigenvalue weighted by Gasteiger charge is 2.29. The predicted molar refractivity (Wildman–Crippen MR) is 98.3 cm³/mol. The Labute approximate surface area is 149 Å². The van der Waals surface area contributed by atoms with Crippen LogP contribution in [0.25, 0.3) is 0 Å². The fourth-order valence-electron chi connectivity index (χ4n) is 2.90. The van der Waals surface area contributed by atoms with Crippen LogP contribution < -0.4 is 5.32 Å². The Morgan fingerprint density at radius 3 is 2.83 bits per heavy atom. The molecule has 128 valence electrons. The minimum atomic E-state index is -0.335. The number of hydrogen-bond acceptors (Lipinski definition) is 5. The Balaban J connectivity index is 1.95.